The highest BCUT2D eigenvalue weighted by Gasteiger charge is 2.31. The Morgan fingerprint density at radius 1 is 0.919 bits per heavy atom. The van der Waals surface area contributed by atoms with Crippen LogP contribution in [0.5, 0.6) is 0 Å². The van der Waals surface area contributed by atoms with Crippen molar-refractivity contribution in [2.24, 2.45) is 11.7 Å². The average molecular weight is 537 g/mol. The number of rotatable bonds is 16. The van der Waals surface area contributed by atoms with Crippen LogP contribution in [0.4, 0.5) is 0 Å². The molecule has 4 unspecified atom stereocenters. The fourth-order valence-corrected chi connectivity index (χ4v) is 4.04. The minimum atomic E-state index is -1.15. The van der Waals surface area contributed by atoms with Gasteiger partial charge in [-0.15, -0.1) is 0 Å². The highest BCUT2D eigenvalue weighted by Crippen LogP contribution is 2.09. The number of imidazole rings is 2. The first-order valence-electron chi connectivity index (χ1n) is 11.9. The molecule has 0 radical (unpaired) electrons. The van der Waals surface area contributed by atoms with Crippen molar-refractivity contribution in [3.63, 3.8) is 0 Å². The number of nitrogens with one attached hydrogen (secondary N) is 5. The number of aromatic amines is 2. The molecule has 2 aromatic heterocycles. The number of carbonyl (C=O) groups is 4. The highest BCUT2D eigenvalue weighted by molar-refractivity contribution is 7.98. The van der Waals surface area contributed by atoms with Crippen LogP contribution in [0.1, 0.15) is 38.1 Å². The number of amides is 3. The third-order valence-electron chi connectivity index (χ3n) is 5.51. The van der Waals surface area contributed by atoms with Gasteiger partial charge in [-0.25, -0.2) is 14.8 Å². The van der Waals surface area contributed by atoms with Crippen LogP contribution in [-0.2, 0) is 32.0 Å². The molecule has 3 amide bonds. The van der Waals surface area contributed by atoms with E-state index in [2.05, 4.69) is 35.9 Å². The van der Waals surface area contributed by atoms with Crippen LogP contribution < -0.4 is 21.7 Å². The van der Waals surface area contributed by atoms with Crippen molar-refractivity contribution in [1.82, 2.24) is 35.9 Å². The number of nitrogens with zero attached hydrogens (tertiary/aromatic N) is 2. The van der Waals surface area contributed by atoms with E-state index in [9.17, 15) is 24.3 Å². The number of hydrogen-bond donors (Lipinski definition) is 7. The Balaban J connectivity index is 2.15. The lowest BCUT2D eigenvalue weighted by molar-refractivity contribution is -0.142. The predicted molar refractivity (Wildman–Crippen MR) is 138 cm³/mol. The van der Waals surface area contributed by atoms with Crippen LogP contribution in [0.25, 0.3) is 0 Å². The van der Waals surface area contributed by atoms with Crippen LogP contribution in [-0.4, -0.2) is 84.9 Å². The zero-order valence-electron chi connectivity index (χ0n) is 21.2. The van der Waals surface area contributed by atoms with E-state index in [1.807, 2.05) is 20.1 Å². The summed E-state index contributed by atoms with van der Waals surface area (Å²) in [6.45, 7) is 3.76. The lowest BCUT2D eigenvalue weighted by Gasteiger charge is -2.26. The lowest BCUT2D eigenvalue weighted by Crippen LogP contribution is -2.58. The standard InChI is InChI=1S/C23H36N8O5S/c1-13(2)6-18(21(33)29-17(23(35)36)4-5-37-3)31-22(34)19(8-15-10-26-12-28-15)30-20(32)16(24)7-14-9-25-11-27-14/h9-13,16-19H,4-8,24H2,1-3H3,(H,25,27)(H,26,28)(H,29,33)(H,30,32)(H,31,34)(H,35,36). The average Bonchev–Trinajstić information content (AvgIpc) is 3.54. The van der Waals surface area contributed by atoms with Crippen molar-refractivity contribution in [3.8, 4) is 0 Å². The first-order valence-corrected chi connectivity index (χ1v) is 13.3. The van der Waals surface area contributed by atoms with Gasteiger partial charge in [0.25, 0.3) is 0 Å². The summed E-state index contributed by atoms with van der Waals surface area (Å²) >= 11 is 1.47. The van der Waals surface area contributed by atoms with E-state index in [4.69, 9.17) is 5.73 Å². The van der Waals surface area contributed by atoms with E-state index in [-0.39, 0.29) is 31.6 Å². The molecule has 13 nitrogen and oxygen atoms in total. The molecular weight excluding hydrogens is 500 g/mol. The molecule has 0 aromatic carbocycles. The van der Waals surface area contributed by atoms with Gasteiger partial charge in [0, 0.05) is 36.6 Å². The van der Waals surface area contributed by atoms with Crippen molar-refractivity contribution in [2.45, 2.75) is 63.7 Å². The largest absolute Gasteiger partial charge is 0.480 e. The van der Waals surface area contributed by atoms with Gasteiger partial charge in [-0.2, -0.15) is 11.8 Å². The van der Waals surface area contributed by atoms with Gasteiger partial charge in [-0.05, 0) is 30.8 Å². The number of carbonyl (C=O) groups excluding carboxylic acids is 3. The Labute approximate surface area is 219 Å². The summed E-state index contributed by atoms with van der Waals surface area (Å²) in [7, 11) is 0. The number of aromatic nitrogens is 4. The van der Waals surface area contributed by atoms with E-state index in [0.717, 1.165) is 0 Å². The lowest BCUT2D eigenvalue weighted by atomic mass is 10.0. The maximum Gasteiger partial charge on any atom is 0.326 e. The third kappa shape index (κ3) is 10.2. The van der Waals surface area contributed by atoms with Gasteiger partial charge in [-0.1, -0.05) is 13.8 Å². The molecule has 0 fully saturated rings. The predicted octanol–water partition coefficient (Wildman–Crippen LogP) is -0.416. The van der Waals surface area contributed by atoms with Crippen LogP contribution in [0, 0.1) is 5.92 Å². The van der Waals surface area contributed by atoms with Gasteiger partial charge < -0.3 is 36.8 Å². The molecule has 0 aliphatic rings. The molecule has 2 aromatic rings. The van der Waals surface area contributed by atoms with Crippen molar-refractivity contribution in [1.29, 1.82) is 0 Å². The molecule has 37 heavy (non-hydrogen) atoms. The highest BCUT2D eigenvalue weighted by atomic mass is 32.2. The second-order valence-corrected chi connectivity index (χ2v) is 10.1. The summed E-state index contributed by atoms with van der Waals surface area (Å²) in [5.41, 5.74) is 7.30. The first-order chi connectivity index (χ1) is 17.6. The van der Waals surface area contributed by atoms with Gasteiger partial charge in [0.1, 0.15) is 18.1 Å². The SMILES string of the molecule is CSCCC(NC(=O)C(CC(C)C)NC(=O)C(Cc1cnc[nH]1)NC(=O)C(N)Cc1cnc[nH]1)C(=O)O. The Bertz CT molecular complexity index is 999. The van der Waals surface area contributed by atoms with Crippen molar-refractivity contribution in [2.75, 3.05) is 12.0 Å². The number of thioether (sulfide) groups is 1. The van der Waals surface area contributed by atoms with Crippen LogP contribution in [0.15, 0.2) is 25.0 Å². The van der Waals surface area contributed by atoms with E-state index >= 15 is 0 Å². The number of H-pyrrole nitrogens is 2. The zero-order chi connectivity index (χ0) is 27.4. The molecule has 14 heteroatoms. The Morgan fingerprint density at radius 3 is 1.97 bits per heavy atom. The molecule has 0 bridgehead atoms. The fraction of sp³-hybridized carbons (Fsp3) is 0.565. The third-order valence-corrected chi connectivity index (χ3v) is 6.15. The van der Waals surface area contributed by atoms with Gasteiger partial charge in [0.05, 0.1) is 18.7 Å². The maximum atomic E-state index is 13.3. The molecule has 0 spiro atoms. The smallest absolute Gasteiger partial charge is 0.326 e. The van der Waals surface area contributed by atoms with Crippen LogP contribution in [0.2, 0.25) is 0 Å². The first kappa shape index (κ1) is 29.8. The molecule has 8 N–H and O–H groups in total. The summed E-state index contributed by atoms with van der Waals surface area (Å²) in [6.07, 6.45) is 8.64. The Morgan fingerprint density at radius 2 is 1.46 bits per heavy atom. The number of aliphatic carboxylic acids is 1. The summed E-state index contributed by atoms with van der Waals surface area (Å²) in [5, 5.41) is 17.4. The molecule has 4 atom stereocenters. The van der Waals surface area contributed by atoms with Crippen molar-refractivity contribution < 1.29 is 24.3 Å². The van der Waals surface area contributed by atoms with Crippen molar-refractivity contribution >= 4 is 35.5 Å². The molecule has 2 rings (SSSR count). The number of hydrogen-bond acceptors (Lipinski definition) is 8. The van der Waals surface area contributed by atoms with E-state index in [0.29, 0.717) is 17.1 Å². The second-order valence-electron chi connectivity index (χ2n) is 9.10. The minimum absolute atomic E-state index is 0.0222. The van der Waals surface area contributed by atoms with Crippen LogP contribution >= 0.6 is 11.8 Å². The van der Waals surface area contributed by atoms with E-state index in [1.54, 1.807) is 6.20 Å². The zero-order valence-corrected chi connectivity index (χ0v) is 22.0. The second kappa shape index (κ2) is 15.0. The summed E-state index contributed by atoms with van der Waals surface area (Å²) in [5.74, 6) is -2.33. The minimum Gasteiger partial charge on any atom is -0.480 e. The summed E-state index contributed by atoms with van der Waals surface area (Å²) in [6, 6.07) is -4.08. The van der Waals surface area contributed by atoms with Gasteiger partial charge >= 0.3 is 5.97 Å². The van der Waals surface area contributed by atoms with E-state index in [1.165, 1.54) is 30.6 Å². The van der Waals surface area contributed by atoms with Crippen LogP contribution in [0.3, 0.4) is 0 Å². The number of carboxylic acid groups (broad SMARTS) is 1. The molecule has 2 heterocycles. The maximum absolute atomic E-state index is 13.3. The fourth-order valence-electron chi connectivity index (χ4n) is 3.57. The number of nitrogens with two attached hydrogens (primary N) is 1. The quantitative estimate of drug-likeness (QED) is 0.148. The molecule has 0 saturated heterocycles. The monoisotopic (exact) mass is 536 g/mol. The topological polar surface area (TPSA) is 208 Å². The molecule has 0 aliphatic heterocycles. The summed E-state index contributed by atoms with van der Waals surface area (Å²) in [4.78, 5) is 64.4. The Kier molecular flexibility index (Phi) is 12.1. The molecule has 204 valence electrons. The van der Waals surface area contributed by atoms with E-state index < -0.39 is 47.9 Å². The van der Waals surface area contributed by atoms with Gasteiger partial charge in [0.2, 0.25) is 17.7 Å². The molecule has 0 saturated carbocycles. The molecule has 0 aliphatic carbocycles. The van der Waals surface area contributed by atoms with Gasteiger partial charge in [-0.3, -0.25) is 14.4 Å². The summed E-state index contributed by atoms with van der Waals surface area (Å²) < 4.78 is 0. The molecular formula is C23H36N8O5S. The van der Waals surface area contributed by atoms with Crippen molar-refractivity contribution in [3.05, 3.63) is 36.4 Å². The normalized spacial score (nSPS) is 14.4. The van der Waals surface area contributed by atoms with Gasteiger partial charge in [0.15, 0.2) is 0 Å². The Hall–Kier alpha value is -3.39. The number of carboxylic acids is 1.